The molecule has 0 fully saturated rings. The summed E-state index contributed by atoms with van der Waals surface area (Å²) in [6.07, 6.45) is 0. The van der Waals surface area contributed by atoms with Crippen LogP contribution in [0.25, 0.3) is 0 Å². The van der Waals surface area contributed by atoms with Gasteiger partial charge in [-0.15, -0.1) is 0 Å². The summed E-state index contributed by atoms with van der Waals surface area (Å²) in [6, 6.07) is 10.0. The molecule has 0 heterocycles. The van der Waals surface area contributed by atoms with Crippen LogP contribution in [0.1, 0.15) is 40.9 Å². The van der Waals surface area contributed by atoms with Crippen molar-refractivity contribution < 1.29 is 28.2 Å². The number of hydrogen-bond donors (Lipinski definition) is 1. The predicted molar refractivity (Wildman–Crippen MR) is 116 cm³/mol. The van der Waals surface area contributed by atoms with Crippen LogP contribution in [-0.2, 0) is 23.4 Å². The molecule has 0 saturated carbocycles. The molecule has 1 atom stereocenters. The summed E-state index contributed by atoms with van der Waals surface area (Å²) in [5.41, 5.74) is 1.51. The fourth-order valence-corrected chi connectivity index (χ4v) is 5.34. The standard InChI is InChI=1S/C22H26NO6P/c1-6-28-21(25)20(24)23-19-15(4)13-14(3)18(16(19)5)22(26)30(27,29-7-2)17-11-9-8-10-12-17/h8-13H,6-7H2,1-5H3,(H,23,24). The number of ether oxygens (including phenoxy) is 1. The van der Waals surface area contributed by atoms with E-state index in [0.717, 1.165) is 0 Å². The summed E-state index contributed by atoms with van der Waals surface area (Å²) < 4.78 is 23.9. The Labute approximate surface area is 176 Å². The van der Waals surface area contributed by atoms with Gasteiger partial charge in [-0.05, 0) is 63.4 Å². The van der Waals surface area contributed by atoms with Crippen LogP contribution in [0.3, 0.4) is 0 Å². The second kappa shape index (κ2) is 9.83. The highest BCUT2D eigenvalue weighted by atomic mass is 31.2. The number of amides is 1. The molecule has 160 valence electrons. The Bertz CT molecular complexity index is 1020. The molecule has 0 bridgehead atoms. The van der Waals surface area contributed by atoms with Crippen LogP contribution in [0.5, 0.6) is 0 Å². The molecule has 0 saturated heterocycles. The van der Waals surface area contributed by atoms with E-state index in [9.17, 15) is 18.9 Å². The van der Waals surface area contributed by atoms with Crippen molar-refractivity contribution in [3.8, 4) is 0 Å². The SMILES string of the molecule is CCOC(=O)C(=O)Nc1c(C)cc(C)c(C(=O)P(=O)(OCC)c2ccccc2)c1C. The van der Waals surface area contributed by atoms with Gasteiger partial charge in [-0.3, -0.25) is 14.2 Å². The van der Waals surface area contributed by atoms with Crippen molar-refractivity contribution in [1.29, 1.82) is 0 Å². The topological polar surface area (TPSA) is 98.8 Å². The van der Waals surface area contributed by atoms with Crippen LogP contribution < -0.4 is 10.6 Å². The third-order valence-electron chi connectivity index (χ3n) is 4.56. The molecule has 2 aromatic rings. The zero-order chi connectivity index (χ0) is 22.5. The maximum Gasteiger partial charge on any atom is 0.397 e. The molecule has 2 rings (SSSR count). The zero-order valence-electron chi connectivity index (χ0n) is 17.8. The van der Waals surface area contributed by atoms with Gasteiger partial charge in [0.15, 0.2) is 0 Å². The van der Waals surface area contributed by atoms with Gasteiger partial charge in [0.05, 0.1) is 13.2 Å². The summed E-state index contributed by atoms with van der Waals surface area (Å²) in [6.45, 7) is 8.53. The van der Waals surface area contributed by atoms with Gasteiger partial charge in [-0.1, -0.05) is 24.3 Å². The van der Waals surface area contributed by atoms with E-state index in [1.807, 2.05) is 0 Å². The average Bonchev–Trinajstić information content (AvgIpc) is 2.71. The average molecular weight is 431 g/mol. The first-order chi connectivity index (χ1) is 14.2. The van der Waals surface area contributed by atoms with Gasteiger partial charge in [0, 0.05) is 16.6 Å². The van der Waals surface area contributed by atoms with E-state index < -0.39 is 24.8 Å². The molecule has 0 aromatic heterocycles. The molecule has 2 aromatic carbocycles. The third kappa shape index (κ3) is 4.69. The highest BCUT2D eigenvalue weighted by Crippen LogP contribution is 2.50. The maximum atomic E-state index is 13.7. The molecular weight excluding hydrogens is 405 g/mol. The van der Waals surface area contributed by atoms with Crippen molar-refractivity contribution in [2.45, 2.75) is 34.6 Å². The summed E-state index contributed by atoms with van der Waals surface area (Å²) >= 11 is 0. The quantitative estimate of drug-likeness (QED) is 0.406. The zero-order valence-corrected chi connectivity index (χ0v) is 18.7. The number of carbonyl (C=O) groups is 3. The van der Waals surface area contributed by atoms with Gasteiger partial charge in [0.25, 0.3) is 5.52 Å². The predicted octanol–water partition coefficient (Wildman–Crippen LogP) is 3.89. The van der Waals surface area contributed by atoms with Gasteiger partial charge in [0.2, 0.25) is 0 Å². The largest absolute Gasteiger partial charge is 0.459 e. The second-order valence-electron chi connectivity index (χ2n) is 6.67. The highest BCUT2D eigenvalue weighted by molar-refractivity contribution is 7.83. The first-order valence-electron chi connectivity index (χ1n) is 9.61. The smallest absolute Gasteiger partial charge is 0.397 e. The number of esters is 1. The Morgan fingerprint density at radius 1 is 0.967 bits per heavy atom. The van der Waals surface area contributed by atoms with Crippen molar-refractivity contribution in [2.75, 3.05) is 18.5 Å². The maximum absolute atomic E-state index is 13.7. The number of benzene rings is 2. The molecule has 0 aliphatic rings. The summed E-state index contributed by atoms with van der Waals surface area (Å²) in [4.78, 5) is 37.4. The Morgan fingerprint density at radius 3 is 2.17 bits per heavy atom. The van der Waals surface area contributed by atoms with Crippen LogP contribution in [0.15, 0.2) is 36.4 Å². The van der Waals surface area contributed by atoms with Gasteiger partial charge >= 0.3 is 19.2 Å². The van der Waals surface area contributed by atoms with E-state index in [-0.39, 0.29) is 18.8 Å². The molecule has 30 heavy (non-hydrogen) atoms. The molecular formula is C22H26NO6P. The molecule has 1 unspecified atom stereocenters. The lowest BCUT2D eigenvalue weighted by molar-refractivity contribution is -0.152. The van der Waals surface area contributed by atoms with E-state index in [1.165, 1.54) is 0 Å². The van der Waals surface area contributed by atoms with Crippen LogP contribution in [0, 0.1) is 20.8 Å². The van der Waals surface area contributed by atoms with Crippen LogP contribution in [-0.4, -0.2) is 30.6 Å². The minimum absolute atomic E-state index is 0.0659. The van der Waals surface area contributed by atoms with E-state index in [2.05, 4.69) is 5.32 Å². The molecule has 8 heteroatoms. The first kappa shape index (κ1) is 23.5. The van der Waals surface area contributed by atoms with E-state index in [4.69, 9.17) is 9.26 Å². The van der Waals surface area contributed by atoms with Crippen LogP contribution in [0.4, 0.5) is 5.69 Å². The number of anilines is 1. The van der Waals surface area contributed by atoms with Crippen molar-refractivity contribution in [1.82, 2.24) is 0 Å². The van der Waals surface area contributed by atoms with E-state index in [0.29, 0.717) is 27.7 Å². The van der Waals surface area contributed by atoms with Gasteiger partial charge in [0.1, 0.15) is 0 Å². The number of aryl methyl sites for hydroxylation is 2. The fraction of sp³-hybridized carbons (Fsp3) is 0.318. The Balaban J connectivity index is 2.58. The third-order valence-corrected chi connectivity index (χ3v) is 6.92. The molecule has 0 aliphatic carbocycles. The van der Waals surface area contributed by atoms with Crippen molar-refractivity contribution in [2.24, 2.45) is 0 Å². The molecule has 0 radical (unpaired) electrons. The number of hydrogen-bond acceptors (Lipinski definition) is 6. The lowest BCUT2D eigenvalue weighted by atomic mass is 9.98. The Morgan fingerprint density at radius 2 is 1.60 bits per heavy atom. The minimum Gasteiger partial charge on any atom is -0.459 e. The van der Waals surface area contributed by atoms with Crippen molar-refractivity contribution in [3.05, 3.63) is 58.7 Å². The molecule has 1 N–H and O–H groups in total. The van der Waals surface area contributed by atoms with Gasteiger partial charge in [-0.25, -0.2) is 4.79 Å². The Hall–Kier alpha value is -2.76. The highest BCUT2D eigenvalue weighted by Gasteiger charge is 2.38. The summed E-state index contributed by atoms with van der Waals surface area (Å²) in [5, 5.41) is 2.81. The summed E-state index contributed by atoms with van der Waals surface area (Å²) in [7, 11) is -3.88. The monoisotopic (exact) mass is 431 g/mol. The first-order valence-corrected chi connectivity index (χ1v) is 11.2. The lowest BCUT2D eigenvalue weighted by Crippen LogP contribution is -2.26. The molecule has 0 spiro atoms. The van der Waals surface area contributed by atoms with Crippen molar-refractivity contribution >= 4 is 35.8 Å². The van der Waals surface area contributed by atoms with E-state index in [1.54, 1.807) is 71.0 Å². The molecule has 7 nitrogen and oxygen atoms in total. The van der Waals surface area contributed by atoms with Crippen LogP contribution >= 0.6 is 7.37 Å². The van der Waals surface area contributed by atoms with E-state index >= 15 is 0 Å². The van der Waals surface area contributed by atoms with Gasteiger partial charge < -0.3 is 14.6 Å². The molecule has 0 aliphatic heterocycles. The van der Waals surface area contributed by atoms with Crippen molar-refractivity contribution in [3.63, 3.8) is 0 Å². The summed E-state index contributed by atoms with van der Waals surface area (Å²) in [5.74, 6) is -1.96. The number of nitrogens with one attached hydrogen (secondary N) is 1. The molecule has 1 amide bonds. The van der Waals surface area contributed by atoms with Crippen LogP contribution in [0.2, 0.25) is 0 Å². The Kier molecular flexibility index (Phi) is 7.71. The number of rotatable bonds is 7. The fourth-order valence-electron chi connectivity index (χ4n) is 3.27. The normalized spacial score (nSPS) is 12.7. The minimum atomic E-state index is -3.88. The number of carbonyl (C=O) groups excluding carboxylic acids is 3. The van der Waals surface area contributed by atoms with Gasteiger partial charge in [-0.2, -0.15) is 0 Å². The second-order valence-corrected chi connectivity index (χ2v) is 8.95. The lowest BCUT2D eigenvalue weighted by Gasteiger charge is -2.21.